The van der Waals surface area contributed by atoms with Gasteiger partial charge in [0.1, 0.15) is 0 Å². The van der Waals surface area contributed by atoms with Crippen LogP contribution in [0.1, 0.15) is 19.2 Å². The molecule has 1 unspecified atom stereocenters. The monoisotopic (exact) mass is 314 g/mol. The molecule has 0 spiro atoms. The van der Waals surface area contributed by atoms with E-state index in [1.165, 1.54) is 0 Å². The number of aromatic nitrogens is 2. The van der Waals surface area contributed by atoms with E-state index in [9.17, 15) is 4.79 Å². The summed E-state index contributed by atoms with van der Waals surface area (Å²) < 4.78 is 5.11. The number of hydrogen-bond donors (Lipinski definition) is 1. The van der Waals surface area contributed by atoms with Crippen molar-refractivity contribution in [1.82, 2.24) is 10.1 Å². The minimum absolute atomic E-state index is 0.0563. The van der Waals surface area contributed by atoms with Crippen LogP contribution in [-0.4, -0.2) is 21.2 Å². The van der Waals surface area contributed by atoms with E-state index < -0.39 is 5.97 Å². The molecule has 1 aromatic heterocycles. The minimum atomic E-state index is -0.848. The van der Waals surface area contributed by atoms with Gasteiger partial charge in [-0.2, -0.15) is 4.98 Å². The van der Waals surface area contributed by atoms with Crippen LogP contribution in [0.5, 0.6) is 0 Å². The fourth-order valence-corrected chi connectivity index (χ4v) is 2.33. The fourth-order valence-electron chi connectivity index (χ4n) is 1.81. The second-order valence-corrected chi connectivity index (χ2v) is 5.45. The van der Waals surface area contributed by atoms with Crippen LogP contribution in [0.25, 0.3) is 11.4 Å². The predicted molar refractivity (Wildman–Crippen MR) is 74.9 cm³/mol. The molecule has 1 aromatic carbocycles. The van der Waals surface area contributed by atoms with Gasteiger partial charge in [-0.1, -0.05) is 35.3 Å². The Bertz CT molecular complexity index is 608. The van der Waals surface area contributed by atoms with Gasteiger partial charge in [-0.3, -0.25) is 4.79 Å². The summed E-state index contributed by atoms with van der Waals surface area (Å²) in [5, 5.41) is 13.5. The maximum absolute atomic E-state index is 10.6. The lowest BCUT2D eigenvalue weighted by Gasteiger charge is -2.03. The molecule has 0 amide bonds. The van der Waals surface area contributed by atoms with E-state index in [4.69, 9.17) is 32.8 Å². The summed E-state index contributed by atoms with van der Waals surface area (Å²) in [6.07, 6.45) is 0.467. The number of carboxylic acids is 1. The molecule has 7 heteroatoms. The Morgan fingerprint density at radius 3 is 2.60 bits per heavy atom. The standard InChI is InChI=1S/C13H12Cl2N2O3/c1-7(3-12(18)19)2-11-16-13(17-20-11)8-4-9(14)6-10(15)5-8/h4-7H,2-3H2,1H3,(H,18,19). The predicted octanol–water partition coefficient (Wildman–Crippen LogP) is 3.70. The number of hydrogen-bond acceptors (Lipinski definition) is 4. The average molecular weight is 315 g/mol. The lowest BCUT2D eigenvalue weighted by molar-refractivity contribution is -0.137. The Morgan fingerprint density at radius 2 is 2.00 bits per heavy atom. The van der Waals surface area contributed by atoms with Crippen LogP contribution in [0.2, 0.25) is 10.0 Å². The van der Waals surface area contributed by atoms with Crippen molar-refractivity contribution in [3.63, 3.8) is 0 Å². The highest BCUT2D eigenvalue weighted by atomic mass is 35.5. The van der Waals surface area contributed by atoms with Crippen molar-refractivity contribution >= 4 is 29.2 Å². The quantitative estimate of drug-likeness (QED) is 0.910. The summed E-state index contributed by atoms with van der Waals surface area (Å²) in [6, 6.07) is 4.98. The van der Waals surface area contributed by atoms with Gasteiger partial charge < -0.3 is 9.63 Å². The van der Waals surface area contributed by atoms with Gasteiger partial charge in [-0.15, -0.1) is 0 Å². The molecule has 0 radical (unpaired) electrons. The number of aliphatic carboxylic acids is 1. The van der Waals surface area contributed by atoms with Crippen molar-refractivity contribution < 1.29 is 14.4 Å². The van der Waals surface area contributed by atoms with Gasteiger partial charge in [0.15, 0.2) is 0 Å². The smallest absolute Gasteiger partial charge is 0.303 e. The summed E-state index contributed by atoms with van der Waals surface area (Å²) in [6.45, 7) is 1.81. The van der Waals surface area contributed by atoms with Gasteiger partial charge >= 0.3 is 5.97 Å². The second kappa shape index (κ2) is 6.24. The highest BCUT2D eigenvalue weighted by Crippen LogP contribution is 2.25. The van der Waals surface area contributed by atoms with Crippen molar-refractivity contribution in [2.75, 3.05) is 0 Å². The third kappa shape index (κ3) is 3.95. The molecule has 106 valence electrons. The molecule has 2 rings (SSSR count). The molecule has 1 heterocycles. The second-order valence-electron chi connectivity index (χ2n) is 4.58. The highest BCUT2D eigenvalue weighted by molar-refractivity contribution is 6.35. The molecule has 0 aliphatic rings. The van der Waals surface area contributed by atoms with Crippen molar-refractivity contribution in [3.8, 4) is 11.4 Å². The first kappa shape index (κ1) is 14.8. The number of benzene rings is 1. The van der Waals surface area contributed by atoms with Gasteiger partial charge in [-0.05, 0) is 24.1 Å². The average Bonchev–Trinajstić information content (AvgIpc) is 2.74. The lowest BCUT2D eigenvalue weighted by Crippen LogP contribution is -2.07. The van der Waals surface area contributed by atoms with Crippen molar-refractivity contribution in [2.45, 2.75) is 19.8 Å². The zero-order valence-electron chi connectivity index (χ0n) is 10.6. The zero-order valence-corrected chi connectivity index (χ0v) is 12.1. The first-order valence-corrected chi connectivity index (χ1v) is 6.70. The van der Waals surface area contributed by atoms with E-state index in [1.807, 2.05) is 6.92 Å². The lowest BCUT2D eigenvalue weighted by atomic mass is 10.0. The maximum atomic E-state index is 10.6. The van der Waals surface area contributed by atoms with Crippen LogP contribution in [0.4, 0.5) is 0 Å². The molecule has 2 aromatic rings. The Hall–Kier alpha value is -1.59. The molecule has 20 heavy (non-hydrogen) atoms. The van der Waals surface area contributed by atoms with Crippen LogP contribution in [0.3, 0.4) is 0 Å². The Morgan fingerprint density at radius 1 is 1.35 bits per heavy atom. The Balaban J connectivity index is 2.14. The number of halogens is 2. The molecule has 0 aliphatic carbocycles. The van der Waals surface area contributed by atoms with Gasteiger partial charge in [-0.25, -0.2) is 0 Å². The molecule has 0 saturated heterocycles. The number of carboxylic acid groups (broad SMARTS) is 1. The zero-order chi connectivity index (χ0) is 14.7. The van der Waals surface area contributed by atoms with E-state index >= 15 is 0 Å². The molecule has 0 fully saturated rings. The molecule has 5 nitrogen and oxygen atoms in total. The van der Waals surface area contributed by atoms with Crippen molar-refractivity contribution in [3.05, 3.63) is 34.1 Å². The SMILES string of the molecule is CC(CC(=O)O)Cc1nc(-c2cc(Cl)cc(Cl)c2)no1. The molecule has 1 atom stereocenters. The molecule has 0 saturated carbocycles. The normalized spacial score (nSPS) is 12.3. The first-order chi connectivity index (χ1) is 9.44. The molecule has 1 N–H and O–H groups in total. The van der Waals surface area contributed by atoms with Crippen LogP contribution < -0.4 is 0 Å². The van der Waals surface area contributed by atoms with Crippen molar-refractivity contribution in [2.24, 2.45) is 5.92 Å². The van der Waals surface area contributed by atoms with Gasteiger partial charge in [0.05, 0.1) is 0 Å². The summed E-state index contributed by atoms with van der Waals surface area (Å²) >= 11 is 11.8. The third-order valence-corrected chi connectivity index (χ3v) is 3.07. The summed E-state index contributed by atoms with van der Waals surface area (Å²) in [4.78, 5) is 14.8. The van der Waals surface area contributed by atoms with Crippen molar-refractivity contribution in [1.29, 1.82) is 0 Å². The maximum Gasteiger partial charge on any atom is 0.303 e. The van der Waals surface area contributed by atoms with E-state index in [0.717, 1.165) is 0 Å². The van der Waals surface area contributed by atoms with Crippen LogP contribution >= 0.6 is 23.2 Å². The van der Waals surface area contributed by atoms with E-state index in [2.05, 4.69) is 10.1 Å². The van der Waals surface area contributed by atoms with Gasteiger partial charge in [0.2, 0.25) is 11.7 Å². The largest absolute Gasteiger partial charge is 0.481 e. The van der Waals surface area contributed by atoms with Crippen LogP contribution in [0.15, 0.2) is 22.7 Å². The van der Waals surface area contributed by atoms with E-state index in [1.54, 1.807) is 18.2 Å². The molecule has 0 bridgehead atoms. The third-order valence-electron chi connectivity index (χ3n) is 2.64. The fraction of sp³-hybridized carbons (Fsp3) is 0.308. The number of nitrogens with zero attached hydrogens (tertiary/aromatic N) is 2. The summed E-state index contributed by atoms with van der Waals surface area (Å²) in [5.41, 5.74) is 0.656. The number of rotatable bonds is 5. The summed E-state index contributed by atoms with van der Waals surface area (Å²) in [7, 11) is 0. The topological polar surface area (TPSA) is 76.2 Å². The van der Waals surface area contributed by atoms with Gasteiger partial charge in [0.25, 0.3) is 0 Å². The van der Waals surface area contributed by atoms with E-state index in [-0.39, 0.29) is 12.3 Å². The molecule has 0 aliphatic heterocycles. The molecular weight excluding hydrogens is 303 g/mol. The highest BCUT2D eigenvalue weighted by Gasteiger charge is 2.15. The minimum Gasteiger partial charge on any atom is -0.481 e. The molecular formula is C13H12Cl2N2O3. The van der Waals surface area contributed by atoms with Gasteiger partial charge in [0, 0.05) is 28.5 Å². The summed E-state index contributed by atoms with van der Waals surface area (Å²) in [5.74, 6) is -0.153. The van der Waals surface area contributed by atoms with Crippen LogP contribution in [-0.2, 0) is 11.2 Å². The Kier molecular flexibility index (Phi) is 4.62. The number of carbonyl (C=O) groups is 1. The first-order valence-electron chi connectivity index (χ1n) is 5.95. The Labute approximate surface area is 125 Å². The van der Waals surface area contributed by atoms with E-state index in [0.29, 0.717) is 33.7 Å². The van der Waals surface area contributed by atoms with Crippen LogP contribution in [0, 0.1) is 5.92 Å².